The van der Waals surface area contributed by atoms with E-state index in [1.54, 1.807) is 0 Å². The Morgan fingerprint density at radius 1 is 1.20 bits per heavy atom. The molecule has 0 saturated carbocycles. The van der Waals surface area contributed by atoms with Crippen LogP contribution in [0.1, 0.15) is 19.3 Å². The number of halogens is 1. The Hall–Kier alpha value is -0.970. The van der Waals surface area contributed by atoms with Crippen molar-refractivity contribution in [2.75, 3.05) is 32.9 Å². The zero-order valence-corrected chi connectivity index (χ0v) is 12.4. The van der Waals surface area contributed by atoms with Crippen LogP contribution in [0.5, 0.6) is 11.5 Å². The van der Waals surface area contributed by atoms with Gasteiger partial charge in [0.2, 0.25) is 0 Å². The van der Waals surface area contributed by atoms with E-state index in [-0.39, 0.29) is 6.10 Å². The molecule has 3 rings (SSSR count). The van der Waals surface area contributed by atoms with Gasteiger partial charge < -0.3 is 14.8 Å². The second-order valence-corrected chi connectivity index (χ2v) is 5.87. The standard InChI is InChI=1S/C15H21ClN2O2/c16-12-4-5-14-15(8-12)20-13(10-19-14)9-17-11-18-6-2-1-3-7-18/h4-5,8,13,17H,1-3,6-7,9-11H2. The fourth-order valence-electron chi connectivity index (χ4n) is 2.69. The summed E-state index contributed by atoms with van der Waals surface area (Å²) in [5.41, 5.74) is 0. The highest BCUT2D eigenvalue weighted by molar-refractivity contribution is 6.30. The first-order valence-electron chi connectivity index (χ1n) is 7.33. The number of likely N-dealkylation sites (tertiary alicyclic amines) is 1. The number of hydrogen-bond donors (Lipinski definition) is 1. The lowest BCUT2D eigenvalue weighted by atomic mass is 10.1. The number of piperidine rings is 1. The van der Waals surface area contributed by atoms with E-state index >= 15 is 0 Å². The van der Waals surface area contributed by atoms with Gasteiger partial charge in [0.1, 0.15) is 12.7 Å². The summed E-state index contributed by atoms with van der Waals surface area (Å²) in [6.45, 7) is 4.72. The van der Waals surface area contributed by atoms with Gasteiger partial charge >= 0.3 is 0 Å². The number of rotatable bonds is 4. The first-order chi connectivity index (χ1) is 9.81. The summed E-state index contributed by atoms with van der Waals surface area (Å²) in [7, 11) is 0. The summed E-state index contributed by atoms with van der Waals surface area (Å²) in [5, 5.41) is 4.13. The van der Waals surface area contributed by atoms with E-state index in [2.05, 4.69) is 10.2 Å². The van der Waals surface area contributed by atoms with Gasteiger partial charge in [0.05, 0.1) is 0 Å². The van der Waals surface area contributed by atoms with E-state index in [1.807, 2.05) is 18.2 Å². The topological polar surface area (TPSA) is 33.7 Å². The van der Waals surface area contributed by atoms with Crippen molar-refractivity contribution in [1.29, 1.82) is 0 Å². The highest BCUT2D eigenvalue weighted by Gasteiger charge is 2.21. The Bertz CT molecular complexity index is 449. The fraction of sp³-hybridized carbons (Fsp3) is 0.600. The molecule has 0 bridgehead atoms. The molecule has 1 unspecified atom stereocenters. The summed E-state index contributed by atoms with van der Waals surface area (Å²) in [6.07, 6.45) is 4.05. The molecule has 1 saturated heterocycles. The highest BCUT2D eigenvalue weighted by Crippen LogP contribution is 2.33. The summed E-state index contributed by atoms with van der Waals surface area (Å²) in [5.74, 6) is 1.52. The van der Waals surface area contributed by atoms with Crippen LogP contribution in [0.15, 0.2) is 18.2 Å². The lowest BCUT2D eigenvalue weighted by Crippen LogP contribution is -2.44. The molecule has 2 aliphatic heterocycles. The summed E-state index contributed by atoms with van der Waals surface area (Å²) in [6, 6.07) is 5.49. The number of nitrogens with zero attached hydrogens (tertiary/aromatic N) is 1. The van der Waals surface area contributed by atoms with Gasteiger partial charge in [-0.3, -0.25) is 4.90 Å². The summed E-state index contributed by atoms with van der Waals surface area (Å²) < 4.78 is 11.6. The molecule has 1 aromatic rings. The van der Waals surface area contributed by atoms with Crippen LogP contribution in [0.4, 0.5) is 0 Å². The van der Waals surface area contributed by atoms with E-state index in [0.29, 0.717) is 11.6 Å². The van der Waals surface area contributed by atoms with Crippen LogP contribution in [0, 0.1) is 0 Å². The van der Waals surface area contributed by atoms with Crippen LogP contribution in [-0.4, -0.2) is 43.9 Å². The molecule has 1 aromatic carbocycles. The van der Waals surface area contributed by atoms with Crippen molar-refractivity contribution in [3.05, 3.63) is 23.2 Å². The molecule has 20 heavy (non-hydrogen) atoms. The molecule has 0 aromatic heterocycles. The van der Waals surface area contributed by atoms with E-state index in [0.717, 1.165) is 24.7 Å². The van der Waals surface area contributed by atoms with Gasteiger partial charge in [-0.1, -0.05) is 18.0 Å². The van der Waals surface area contributed by atoms with Crippen LogP contribution >= 0.6 is 11.6 Å². The molecule has 0 spiro atoms. The third-order valence-corrected chi connectivity index (χ3v) is 4.02. The van der Waals surface area contributed by atoms with Crippen molar-refractivity contribution in [2.45, 2.75) is 25.4 Å². The second-order valence-electron chi connectivity index (χ2n) is 5.43. The van der Waals surface area contributed by atoms with E-state index in [1.165, 1.54) is 32.4 Å². The van der Waals surface area contributed by atoms with Crippen LogP contribution in [0.3, 0.4) is 0 Å². The van der Waals surface area contributed by atoms with Crippen LogP contribution < -0.4 is 14.8 Å². The third kappa shape index (κ3) is 3.57. The molecule has 2 heterocycles. The first kappa shape index (κ1) is 14.0. The average Bonchev–Trinajstić information content (AvgIpc) is 2.48. The molecule has 0 aliphatic carbocycles. The fourth-order valence-corrected chi connectivity index (χ4v) is 2.85. The minimum atomic E-state index is 0.0470. The molecule has 0 radical (unpaired) electrons. The van der Waals surface area contributed by atoms with Gasteiger partial charge in [-0.2, -0.15) is 0 Å². The molecular formula is C15H21ClN2O2. The molecule has 1 fully saturated rings. The monoisotopic (exact) mass is 296 g/mol. The van der Waals surface area contributed by atoms with Crippen LogP contribution in [0.25, 0.3) is 0 Å². The van der Waals surface area contributed by atoms with Crippen molar-refractivity contribution in [1.82, 2.24) is 10.2 Å². The molecule has 1 N–H and O–H groups in total. The van der Waals surface area contributed by atoms with Crippen LogP contribution in [-0.2, 0) is 0 Å². The molecule has 5 heteroatoms. The first-order valence-corrected chi connectivity index (χ1v) is 7.71. The summed E-state index contributed by atoms with van der Waals surface area (Å²) in [4.78, 5) is 2.46. The Balaban J connectivity index is 1.45. The summed E-state index contributed by atoms with van der Waals surface area (Å²) >= 11 is 5.97. The molecule has 2 aliphatic rings. The van der Waals surface area contributed by atoms with E-state index in [4.69, 9.17) is 21.1 Å². The molecule has 110 valence electrons. The maximum atomic E-state index is 5.97. The highest BCUT2D eigenvalue weighted by atomic mass is 35.5. The Kier molecular flexibility index (Phi) is 4.65. The average molecular weight is 297 g/mol. The van der Waals surface area contributed by atoms with Gasteiger partial charge in [0, 0.05) is 24.3 Å². The minimum Gasteiger partial charge on any atom is -0.486 e. The molecule has 1 atom stereocenters. The SMILES string of the molecule is Clc1ccc2c(c1)OC(CNCN1CCCCC1)CO2. The van der Waals surface area contributed by atoms with Gasteiger partial charge in [-0.05, 0) is 38.1 Å². The maximum Gasteiger partial charge on any atom is 0.163 e. The van der Waals surface area contributed by atoms with Crippen molar-refractivity contribution in [3.63, 3.8) is 0 Å². The zero-order valence-electron chi connectivity index (χ0n) is 11.6. The minimum absolute atomic E-state index is 0.0470. The third-order valence-electron chi connectivity index (χ3n) is 3.78. The van der Waals surface area contributed by atoms with Gasteiger partial charge in [0.25, 0.3) is 0 Å². The van der Waals surface area contributed by atoms with Crippen LogP contribution in [0.2, 0.25) is 5.02 Å². The van der Waals surface area contributed by atoms with Crippen molar-refractivity contribution < 1.29 is 9.47 Å². The van der Waals surface area contributed by atoms with Gasteiger partial charge in [-0.25, -0.2) is 0 Å². The van der Waals surface area contributed by atoms with Crippen molar-refractivity contribution in [3.8, 4) is 11.5 Å². The molecule has 4 nitrogen and oxygen atoms in total. The number of nitrogens with one attached hydrogen (secondary N) is 1. The normalized spacial score (nSPS) is 22.8. The lowest BCUT2D eigenvalue weighted by molar-refractivity contribution is 0.0851. The van der Waals surface area contributed by atoms with E-state index < -0.39 is 0 Å². The lowest BCUT2D eigenvalue weighted by Gasteiger charge is -2.29. The van der Waals surface area contributed by atoms with Crippen molar-refractivity contribution >= 4 is 11.6 Å². The van der Waals surface area contributed by atoms with Crippen molar-refractivity contribution in [2.24, 2.45) is 0 Å². The Labute approximate surface area is 125 Å². The second kappa shape index (κ2) is 6.66. The Morgan fingerprint density at radius 3 is 2.90 bits per heavy atom. The Morgan fingerprint density at radius 2 is 2.05 bits per heavy atom. The number of hydrogen-bond acceptors (Lipinski definition) is 4. The van der Waals surface area contributed by atoms with Gasteiger partial charge in [-0.15, -0.1) is 0 Å². The molecule has 0 amide bonds. The number of benzene rings is 1. The van der Waals surface area contributed by atoms with E-state index in [9.17, 15) is 0 Å². The predicted molar refractivity (Wildman–Crippen MR) is 79.7 cm³/mol. The zero-order chi connectivity index (χ0) is 13.8. The maximum absolute atomic E-state index is 5.97. The number of ether oxygens (including phenoxy) is 2. The quantitative estimate of drug-likeness (QED) is 0.926. The predicted octanol–water partition coefficient (Wildman–Crippen LogP) is 2.51. The largest absolute Gasteiger partial charge is 0.486 e. The smallest absolute Gasteiger partial charge is 0.163 e. The van der Waals surface area contributed by atoms with Gasteiger partial charge in [0.15, 0.2) is 11.5 Å². The molecular weight excluding hydrogens is 276 g/mol. The number of fused-ring (bicyclic) bond motifs is 1.